The lowest BCUT2D eigenvalue weighted by Gasteiger charge is -2.65. The fourth-order valence-corrected chi connectivity index (χ4v) is 11.2. The Kier molecular flexibility index (Phi) is 7.18. The van der Waals surface area contributed by atoms with Crippen molar-refractivity contribution in [3.05, 3.63) is 47.5 Å². The van der Waals surface area contributed by atoms with Gasteiger partial charge in [0.1, 0.15) is 19.0 Å². The number of ether oxygens (including phenoxy) is 5. The van der Waals surface area contributed by atoms with Crippen molar-refractivity contribution in [2.24, 2.45) is 28.6 Å². The van der Waals surface area contributed by atoms with Gasteiger partial charge in [0.05, 0.1) is 34.9 Å². The molecule has 6 fully saturated rings. The van der Waals surface area contributed by atoms with Crippen LogP contribution in [0.15, 0.2) is 42.0 Å². The zero-order valence-corrected chi connectivity index (χ0v) is 26.3. The van der Waals surface area contributed by atoms with Gasteiger partial charge in [-0.15, -0.1) is 0 Å². The normalized spacial score (nSPS) is 50.5. The molecule has 3 aliphatic heterocycles. The highest BCUT2D eigenvalue weighted by molar-refractivity contribution is 5.85. The molecular weight excluding hydrogens is 576 g/mol. The van der Waals surface area contributed by atoms with Crippen molar-refractivity contribution in [3.8, 4) is 0 Å². The molecule has 4 saturated carbocycles. The number of hydrogen-bond acceptors (Lipinski definition) is 9. The first-order chi connectivity index (χ1) is 21.6. The van der Waals surface area contributed by atoms with Gasteiger partial charge >= 0.3 is 5.97 Å². The maximum Gasteiger partial charge on any atom is 0.331 e. The first-order valence-corrected chi connectivity index (χ1v) is 17.0. The quantitative estimate of drug-likeness (QED) is 0.277. The summed E-state index contributed by atoms with van der Waals surface area (Å²) in [6.07, 6.45) is 7.04. The smallest absolute Gasteiger partial charge is 0.331 e. The van der Waals surface area contributed by atoms with Crippen molar-refractivity contribution < 1.29 is 43.5 Å². The van der Waals surface area contributed by atoms with Crippen LogP contribution in [0.2, 0.25) is 0 Å². The van der Waals surface area contributed by atoms with Crippen molar-refractivity contribution in [1.82, 2.24) is 0 Å². The number of aliphatic hydroxyl groups is 2. The first-order valence-electron chi connectivity index (χ1n) is 17.0. The molecule has 9 nitrogen and oxygen atoms in total. The van der Waals surface area contributed by atoms with Crippen molar-refractivity contribution >= 4 is 12.3 Å². The third kappa shape index (κ3) is 4.41. The maximum absolute atomic E-state index is 13.2. The number of benzene rings is 1. The van der Waals surface area contributed by atoms with E-state index < -0.39 is 34.6 Å². The predicted octanol–water partition coefficient (Wildman–Crippen LogP) is 4.54. The van der Waals surface area contributed by atoms with Gasteiger partial charge in [-0.3, -0.25) is 0 Å². The topological polar surface area (TPSA) is 121 Å². The third-order valence-electron chi connectivity index (χ3n) is 13.4. The van der Waals surface area contributed by atoms with E-state index in [0.717, 1.165) is 36.7 Å². The van der Waals surface area contributed by atoms with Crippen LogP contribution in [-0.2, 0) is 33.3 Å². The monoisotopic (exact) mass is 622 g/mol. The number of esters is 1. The van der Waals surface area contributed by atoms with Crippen molar-refractivity contribution in [3.63, 3.8) is 0 Å². The van der Waals surface area contributed by atoms with Gasteiger partial charge in [0.15, 0.2) is 12.6 Å². The minimum absolute atomic E-state index is 0.0839. The summed E-state index contributed by atoms with van der Waals surface area (Å²) in [4.78, 5) is 25.1. The van der Waals surface area contributed by atoms with Crippen LogP contribution in [0.5, 0.6) is 0 Å². The van der Waals surface area contributed by atoms with Crippen LogP contribution in [0.3, 0.4) is 0 Å². The van der Waals surface area contributed by atoms with Crippen LogP contribution in [-0.4, -0.2) is 71.0 Å². The third-order valence-corrected chi connectivity index (χ3v) is 13.4. The highest BCUT2D eigenvalue weighted by Crippen LogP contribution is 2.70. The molecular formula is C36H46O9. The Hall–Kier alpha value is -2.14. The summed E-state index contributed by atoms with van der Waals surface area (Å²) in [5.74, 6) is -0.401. The fraction of sp³-hybridized carbons (Fsp3) is 0.722. The second-order valence-electron chi connectivity index (χ2n) is 15.3. The summed E-state index contributed by atoms with van der Waals surface area (Å²) in [6.45, 7) is 4.46. The van der Waals surface area contributed by atoms with E-state index in [9.17, 15) is 19.8 Å². The van der Waals surface area contributed by atoms with E-state index >= 15 is 0 Å². The van der Waals surface area contributed by atoms with Crippen molar-refractivity contribution in [2.75, 3.05) is 6.61 Å². The zero-order valence-electron chi connectivity index (χ0n) is 26.3. The Balaban J connectivity index is 0.964. The van der Waals surface area contributed by atoms with E-state index in [1.54, 1.807) is 6.08 Å². The van der Waals surface area contributed by atoms with Crippen LogP contribution in [0, 0.1) is 28.6 Å². The maximum atomic E-state index is 13.2. The summed E-state index contributed by atoms with van der Waals surface area (Å²) in [6, 6.07) is 9.91. The number of cyclic esters (lactones) is 1. The van der Waals surface area contributed by atoms with Gasteiger partial charge in [-0.25, -0.2) is 4.79 Å². The minimum atomic E-state index is -1.20. The van der Waals surface area contributed by atoms with E-state index in [0.29, 0.717) is 51.6 Å². The average Bonchev–Trinajstić information content (AvgIpc) is 3.72. The molecule has 0 spiro atoms. The van der Waals surface area contributed by atoms with Crippen molar-refractivity contribution in [2.45, 2.75) is 126 Å². The first kappa shape index (κ1) is 30.2. The number of rotatable bonds is 5. The average molecular weight is 623 g/mol. The van der Waals surface area contributed by atoms with Gasteiger partial charge in [-0.1, -0.05) is 37.3 Å². The molecule has 3 heterocycles. The van der Waals surface area contributed by atoms with Gasteiger partial charge in [-0.2, -0.15) is 0 Å². The molecule has 0 amide bonds. The molecule has 45 heavy (non-hydrogen) atoms. The standard InChI is InChI=1S/C36H46O9/c1-21-31-28(44-32(45-31)22-6-4-3-5-7-22)17-30(42-21)43-24-8-13-34(20-37)26-9-12-33(2)25(23-16-29(38)41-19-23)11-15-36(33,40)27(26)10-14-35(34,39)18-24/h3-7,16,20-21,24-28,30-32,39-40H,8-15,17-19H2,1-2H3/t21?,24-,25+,26?,27?,28?,30-,31+,32?,33+,34-,35-,36-/m0/s1. The molecule has 7 aliphatic rings. The van der Waals surface area contributed by atoms with Crippen LogP contribution in [0.1, 0.15) is 89.9 Å². The molecule has 2 N–H and O–H groups in total. The molecule has 1 aromatic rings. The molecule has 0 aromatic heterocycles. The molecule has 1 aromatic carbocycles. The number of carbonyl (C=O) groups excluding carboxylic acids is 2. The summed E-state index contributed by atoms with van der Waals surface area (Å²) in [5.41, 5.74) is -1.51. The second-order valence-corrected chi connectivity index (χ2v) is 15.3. The van der Waals surface area contributed by atoms with E-state index in [2.05, 4.69) is 6.92 Å². The number of fused-ring (bicyclic) bond motifs is 6. The molecule has 9 heteroatoms. The highest BCUT2D eigenvalue weighted by atomic mass is 16.8. The molecule has 8 rings (SSSR count). The Morgan fingerprint density at radius 1 is 0.956 bits per heavy atom. The SMILES string of the molecule is CC1O[C@@H](O[C@H]2CC[C@]3(C=O)C4CC[C@]5(C)[C@@H](C6=CC(=O)OC6)CC[C@]5(O)C4CC[C@]3(O)C2)CC2OC(c3ccccc3)O[C@H]12. The van der Waals surface area contributed by atoms with Crippen LogP contribution < -0.4 is 0 Å². The number of hydrogen-bond donors (Lipinski definition) is 2. The minimum Gasteiger partial charge on any atom is -0.458 e. The van der Waals surface area contributed by atoms with Gasteiger partial charge in [0.25, 0.3) is 0 Å². The lowest BCUT2D eigenvalue weighted by molar-refractivity contribution is -0.278. The van der Waals surface area contributed by atoms with Crippen LogP contribution >= 0.6 is 0 Å². The fourth-order valence-electron chi connectivity index (χ4n) is 11.2. The molecule has 0 radical (unpaired) electrons. The van der Waals surface area contributed by atoms with E-state index in [-0.39, 0.29) is 48.1 Å². The lowest BCUT2D eigenvalue weighted by atomic mass is 9.41. The second kappa shape index (κ2) is 10.7. The van der Waals surface area contributed by atoms with Gasteiger partial charge in [0.2, 0.25) is 0 Å². The molecule has 244 valence electrons. The van der Waals surface area contributed by atoms with E-state index in [1.165, 1.54) is 0 Å². The summed E-state index contributed by atoms with van der Waals surface area (Å²) >= 11 is 0. The van der Waals surface area contributed by atoms with Gasteiger partial charge < -0.3 is 38.7 Å². The highest BCUT2D eigenvalue weighted by Gasteiger charge is 2.71. The summed E-state index contributed by atoms with van der Waals surface area (Å²) < 4.78 is 30.6. The number of aldehydes is 1. The van der Waals surface area contributed by atoms with Gasteiger partial charge in [0, 0.05) is 29.9 Å². The molecule has 4 aliphatic carbocycles. The Bertz CT molecular complexity index is 1370. The van der Waals surface area contributed by atoms with Crippen LogP contribution in [0.4, 0.5) is 0 Å². The Morgan fingerprint density at radius 3 is 2.51 bits per heavy atom. The predicted molar refractivity (Wildman–Crippen MR) is 160 cm³/mol. The largest absolute Gasteiger partial charge is 0.458 e. The molecule has 0 bridgehead atoms. The Morgan fingerprint density at radius 2 is 1.76 bits per heavy atom. The van der Waals surface area contributed by atoms with Gasteiger partial charge in [-0.05, 0) is 81.6 Å². The van der Waals surface area contributed by atoms with Crippen molar-refractivity contribution in [1.29, 1.82) is 0 Å². The lowest BCUT2D eigenvalue weighted by Crippen LogP contribution is -2.69. The molecule has 13 atom stereocenters. The van der Waals surface area contributed by atoms with E-state index in [1.807, 2.05) is 37.3 Å². The molecule has 5 unspecified atom stereocenters. The summed E-state index contributed by atoms with van der Waals surface area (Å²) in [7, 11) is 0. The number of carbonyl (C=O) groups is 2. The Labute approximate surface area is 264 Å². The van der Waals surface area contributed by atoms with E-state index in [4.69, 9.17) is 23.7 Å². The van der Waals surface area contributed by atoms with Crippen LogP contribution in [0.25, 0.3) is 0 Å². The zero-order chi connectivity index (χ0) is 31.2. The molecule has 2 saturated heterocycles. The summed E-state index contributed by atoms with van der Waals surface area (Å²) in [5, 5.41) is 24.8.